The van der Waals surface area contributed by atoms with Crippen LogP contribution in [0, 0.1) is 11.8 Å². The molecule has 2 fully saturated rings. The van der Waals surface area contributed by atoms with Crippen LogP contribution in [0.1, 0.15) is 77.3 Å². The number of oxazole rings is 1. The Bertz CT molecular complexity index is 1730. The molecular formula is C44H55N5OS. The summed E-state index contributed by atoms with van der Waals surface area (Å²) < 4.78 is 6.99. The van der Waals surface area contributed by atoms with E-state index < -0.39 is 0 Å². The summed E-state index contributed by atoms with van der Waals surface area (Å²) >= 11 is 1.91. The maximum absolute atomic E-state index is 6.99. The number of piperazine rings is 1. The molecular weight excluding hydrogens is 647 g/mol. The van der Waals surface area contributed by atoms with E-state index in [0.717, 1.165) is 69.6 Å². The zero-order valence-electron chi connectivity index (χ0n) is 30.7. The Hall–Kier alpha value is -3.75. The first-order valence-corrected chi connectivity index (χ1v) is 19.9. The molecule has 1 aliphatic heterocycles. The molecule has 0 bridgehead atoms. The summed E-state index contributed by atoms with van der Waals surface area (Å²) in [5.41, 5.74) is 4.96. The molecule has 0 N–H and O–H groups in total. The van der Waals surface area contributed by atoms with Crippen LogP contribution in [0.2, 0.25) is 0 Å². The molecule has 5 aromatic rings. The number of thiophene rings is 1. The number of benzene rings is 3. The maximum Gasteiger partial charge on any atom is 0.220 e. The van der Waals surface area contributed by atoms with Gasteiger partial charge < -0.3 is 14.2 Å². The smallest absolute Gasteiger partial charge is 0.220 e. The minimum Gasteiger partial charge on any atom is -0.423 e. The normalized spacial score (nSPS) is 20.0. The van der Waals surface area contributed by atoms with Crippen molar-refractivity contribution in [1.82, 2.24) is 19.7 Å². The second-order valence-corrected chi connectivity index (χ2v) is 16.0. The van der Waals surface area contributed by atoms with Crippen LogP contribution in [0.15, 0.2) is 113 Å². The van der Waals surface area contributed by atoms with E-state index in [4.69, 9.17) is 9.40 Å². The van der Waals surface area contributed by atoms with Crippen molar-refractivity contribution in [2.45, 2.75) is 63.7 Å². The Labute approximate surface area is 309 Å². The van der Waals surface area contributed by atoms with Crippen LogP contribution in [0.5, 0.6) is 0 Å². The van der Waals surface area contributed by atoms with Crippen molar-refractivity contribution < 1.29 is 4.42 Å². The monoisotopic (exact) mass is 701 g/mol. The molecule has 3 aromatic carbocycles. The third-order valence-corrected chi connectivity index (χ3v) is 12.1. The largest absolute Gasteiger partial charge is 0.423 e. The highest BCUT2D eigenvalue weighted by molar-refractivity contribution is 7.10. The quantitative estimate of drug-likeness (QED) is 0.115. The predicted molar refractivity (Wildman–Crippen MR) is 211 cm³/mol. The van der Waals surface area contributed by atoms with Gasteiger partial charge in [0.1, 0.15) is 5.69 Å². The van der Waals surface area contributed by atoms with E-state index in [9.17, 15) is 0 Å². The Morgan fingerprint density at radius 1 is 0.745 bits per heavy atom. The van der Waals surface area contributed by atoms with Gasteiger partial charge in [-0.25, -0.2) is 4.98 Å². The average Bonchev–Trinajstić information content (AvgIpc) is 3.84. The summed E-state index contributed by atoms with van der Waals surface area (Å²) in [4.78, 5) is 16.9. The SMILES string of the molecule is CN(Cc1ccccc1)c1oc(C(CC2CCC(C(c3cccs3)N(C)C)CC2)N2CCN(Cc3ccccc3)CC2)nc1Cc1ccccc1. The zero-order valence-corrected chi connectivity index (χ0v) is 31.6. The fraction of sp³-hybridized carbons (Fsp3) is 0.432. The first-order valence-electron chi connectivity index (χ1n) is 19.0. The molecule has 3 heterocycles. The van der Waals surface area contributed by atoms with Crippen LogP contribution in [0.3, 0.4) is 0 Å². The third-order valence-electron chi connectivity index (χ3n) is 11.2. The van der Waals surface area contributed by atoms with Crippen molar-refractivity contribution in [2.24, 2.45) is 11.8 Å². The molecule has 0 radical (unpaired) electrons. The van der Waals surface area contributed by atoms with Crippen LogP contribution >= 0.6 is 11.3 Å². The van der Waals surface area contributed by atoms with Gasteiger partial charge in [0.05, 0.1) is 6.04 Å². The molecule has 1 aliphatic carbocycles. The van der Waals surface area contributed by atoms with Crippen molar-refractivity contribution in [3.05, 3.63) is 142 Å². The van der Waals surface area contributed by atoms with Gasteiger partial charge in [0.15, 0.2) is 0 Å². The molecule has 2 aliphatic rings. The lowest BCUT2D eigenvalue weighted by Gasteiger charge is -2.41. The van der Waals surface area contributed by atoms with Crippen LogP contribution in [-0.4, -0.2) is 67.0 Å². The number of nitrogens with zero attached hydrogens (tertiary/aromatic N) is 5. The Kier molecular flexibility index (Phi) is 12.0. The van der Waals surface area contributed by atoms with E-state index in [1.54, 1.807) is 0 Å². The molecule has 1 saturated heterocycles. The molecule has 0 spiro atoms. The number of anilines is 1. The Morgan fingerprint density at radius 2 is 1.37 bits per heavy atom. The highest BCUT2D eigenvalue weighted by atomic mass is 32.1. The standard InChI is InChI=1S/C44H55N5OS/c1-46(2)42(41-20-13-29-51-41)38-23-21-35(22-24-38)31-40(49-27-25-48(26-28-49)33-37-18-11-6-12-19-37)43-45-39(30-34-14-7-4-8-15-34)44(50-43)47(3)32-36-16-9-5-10-17-36/h4-20,29,35,38,40,42H,21-28,30-33H2,1-3H3. The Morgan fingerprint density at radius 3 is 1.98 bits per heavy atom. The second kappa shape index (κ2) is 17.2. The average molecular weight is 702 g/mol. The number of hydrogen-bond acceptors (Lipinski definition) is 7. The van der Waals surface area contributed by atoms with Crippen molar-refractivity contribution in [3.8, 4) is 0 Å². The molecule has 1 saturated carbocycles. The first kappa shape index (κ1) is 35.6. The fourth-order valence-corrected chi connectivity index (χ4v) is 9.55. The van der Waals surface area contributed by atoms with Crippen molar-refractivity contribution >= 4 is 17.2 Å². The van der Waals surface area contributed by atoms with E-state index >= 15 is 0 Å². The van der Waals surface area contributed by atoms with E-state index in [2.05, 4.69) is 149 Å². The van der Waals surface area contributed by atoms with E-state index in [0.29, 0.717) is 17.9 Å². The lowest BCUT2D eigenvalue weighted by atomic mass is 9.75. The van der Waals surface area contributed by atoms with Crippen molar-refractivity contribution in [1.29, 1.82) is 0 Å². The summed E-state index contributed by atoms with van der Waals surface area (Å²) in [6.07, 6.45) is 6.95. The van der Waals surface area contributed by atoms with Gasteiger partial charge in [0.25, 0.3) is 0 Å². The van der Waals surface area contributed by atoms with Crippen LogP contribution in [-0.2, 0) is 19.5 Å². The van der Waals surface area contributed by atoms with Crippen molar-refractivity contribution in [3.63, 3.8) is 0 Å². The minimum absolute atomic E-state index is 0.167. The van der Waals surface area contributed by atoms with Gasteiger partial charge in [-0.3, -0.25) is 9.80 Å². The zero-order chi connectivity index (χ0) is 35.0. The Balaban J connectivity index is 1.13. The van der Waals surface area contributed by atoms with Gasteiger partial charge in [0, 0.05) is 63.7 Å². The lowest BCUT2D eigenvalue weighted by Crippen LogP contribution is -2.47. The lowest BCUT2D eigenvalue weighted by molar-refractivity contribution is 0.0595. The summed E-state index contributed by atoms with van der Waals surface area (Å²) in [7, 11) is 6.66. The molecule has 51 heavy (non-hydrogen) atoms. The molecule has 268 valence electrons. The highest BCUT2D eigenvalue weighted by Gasteiger charge is 2.36. The molecule has 6 nitrogen and oxygen atoms in total. The molecule has 7 heteroatoms. The number of aromatic nitrogens is 1. The fourth-order valence-electron chi connectivity index (χ4n) is 8.54. The van der Waals surface area contributed by atoms with Gasteiger partial charge in [-0.15, -0.1) is 11.3 Å². The van der Waals surface area contributed by atoms with Gasteiger partial charge in [-0.2, -0.15) is 0 Å². The van der Waals surface area contributed by atoms with E-state index in [-0.39, 0.29) is 6.04 Å². The third kappa shape index (κ3) is 9.19. The van der Waals surface area contributed by atoms with Crippen LogP contribution in [0.25, 0.3) is 0 Å². The molecule has 2 atom stereocenters. The molecule has 2 unspecified atom stereocenters. The second-order valence-electron chi connectivity index (χ2n) is 15.1. The van der Waals surface area contributed by atoms with Crippen LogP contribution in [0.4, 0.5) is 5.88 Å². The summed E-state index contributed by atoms with van der Waals surface area (Å²) in [6.45, 7) is 5.96. The van der Waals surface area contributed by atoms with E-state index in [1.165, 1.54) is 47.3 Å². The van der Waals surface area contributed by atoms with Gasteiger partial charge in [-0.1, -0.05) is 110 Å². The van der Waals surface area contributed by atoms with Gasteiger partial charge >= 0.3 is 0 Å². The minimum atomic E-state index is 0.167. The van der Waals surface area contributed by atoms with Gasteiger partial charge in [-0.05, 0) is 73.3 Å². The predicted octanol–water partition coefficient (Wildman–Crippen LogP) is 9.32. The molecule has 0 amide bonds. The topological polar surface area (TPSA) is 39.0 Å². The number of rotatable bonds is 14. The summed E-state index contributed by atoms with van der Waals surface area (Å²) in [5.74, 6) is 3.17. The first-order chi connectivity index (χ1) is 25.0. The highest BCUT2D eigenvalue weighted by Crippen LogP contribution is 2.44. The molecule has 7 rings (SSSR count). The van der Waals surface area contributed by atoms with Crippen LogP contribution < -0.4 is 4.90 Å². The molecule has 2 aromatic heterocycles. The van der Waals surface area contributed by atoms with E-state index in [1.807, 2.05) is 11.3 Å². The van der Waals surface area contributed by atoms with Gasteiger partial charge in [0.2, 0.25) is 11.8 Å². The number of hydrogen-bond donors (Lipinski definition) is 0. The summed E-state index contributed by atoms with van der Waals surface area (Å²) in [5, 5.41) is 2.23. The van der Waals surface area contributed by atoms with Crippen molar-refractivity contribution in [2.75, 3.05) is 52.2 Å². The maximum atomic E-state index is 6.99. The summed E-state index contributed by atoms with van der Waals surface area (Å²) in [6, 6.07) is 37.6.